The van der Waals surface area contributed by atoms with Crippen LogP contribution in [0.5, 0.6) is 0 Å². The summed E-state index contributed by atoms with van der Waals surface area (Å²) in [7, 11) is 7.00. The second-order valence-corrected chi connectivity index (χ2v) is 10.9. The zero-order valence-electron chi connectivity index (χ0n) is 22.7. The summed E-state index contributed by atoms with van der Waals surface area (Å²) in [5.74, 6) is 0.606. The molecule has 2 unspecified atom stereocenters. The second-order valence-electron chi connectivity index (χ2n) is 8.97. The van der Waals surface area contributed by atoms with Gasteiger partial charge in [0.05, 0.1) is 0 Å². The van der Waals surface area contributed by atoms with Gasteiger partial charge in [0, 0.05) is 9.37 Å². The molecule has 0 fully saturated rings. The van der Waals surface area contributed by atoms with Crippen LogP contribution in [0.15, 0.2) is 105 Å². The molecule has 39 heavy (non-hydrogen) atoms. The molecule has 4 aromatic rings. The first kappa shape index (κ1) is 31.5. The molecule has 2 nitrogen and oxygen atoms in total. The predicted molar refractivity (Wildman–Crippen MR) is 167 cm³/mol. The van der Waals surface area contributed by atoms with Gasteiger partial charge in [-0.1, -0.05) is 117 Å². The maximum absolute atomic E-state index is 3.62. The Morgan fingerprint density at radius 3 is 1.97 bits per heavy atom. The number of nitrogens with zero attached hydrogens (tertiary/aromatic N) is 2. The summed E-state index contributed by atoms with van der Waals surface area (Å²) in [6.45, 7) is 0. The van der Waals surface area contributed by atoms with Crippen LogP contribution >= 0.6 is 27.7 Å². The van der Waals surface area contributed by atoms with Gasteiger partial charge in [0.15, 0.2) is 0 Å². The third-order valence-corrected chi connectivity index (χ3v) is 7.94. The molecular formula is C34H31BrN2SZr. The summed E-state index contributed by atoms with van der Waals surface area (Å²) in [5.41, 5.74) is 8.00. The Kier molecular flexibility index (Phi) is 12.7. The second kappa shape index (κ2) is 15.7. The van der Waals surface area contributed by atoms with Crippen molar-refractivity contribution in [3.63, 3.8) is 0 Å². The minimum atomic E-state index is 0. The molecule has 5 heteroatoms. The van der Waals surface area contributed by atoms with E-state index in [1.165, 1.54) is 47.6 Å². The first-order valence-corrected chi connectivity index (χ1v) is 14.1. The van der Waals surface area contributed by atoms with Crippen LogP contribution in [-0.4, -0.2) is 28.2 Å². The first-order chi connectivity index (χ1) is 18.6. The molecule has 0 saturated heterocycles. The number of allylic oxidation sites excluding steroid dienone is 2. The summed E-state index contributed by atoms with van der Waals surface area (Å²) in [5, 5.41) is 7.00. The van der Waals surface area contributed by atoms with Crippen LogP contribution < -0.4 is 0 Å². The van der Waals surface area contributed by atoms with Crippen LogP contribution in [0, 0.1) is 12.2 Å². The standard InChI is InChI=1S/C15H10Br.C15H9S.2C2H6N.Zr/c16-14-8-4-7-12-9-10-13(15(12)14)11-5-2-1-3-6-11;1-2-13-12-8-9-14(13)15(3-1)16-11-6-4-10(12)5-7-11;2*1-3-2;/h1-9,13H;1-7,9,12H;2*1-2H3;/q4*-1;+4. The SMILES string of the molecule is Brc1cccc2c1C(c1ccccc1)[C-]=C2.C[N-]C.C[N-]C.[C-]1=Cc2c3cccc2C1c1ccc(cc1)S3.[Zr+4]. The third-order valence-electron chi connectivity index (χ3n) is 6.16. The Labute approximate surface area is 265 Å². The van der Waals surface area contributed by atoms with Crippen molar-refractivity contribution in [1.82, 2.24) is 0 Å². The number of fused-ring (bicyclic) bond motifs is 3. The van der Waals surface area contributed by atoms with E-state index >= 15 is 0 Å². The van der Waals surface area contributed by atoms with Gasteiger partial charge in [-0.2, -0.15) is 39.3 Å². The van der Waals surface area contributed by atoms with Gasteiger partial charge in [-0.15, -0.1) is 29.0 Å². The monoisotopic (exact) mass is 668 g/mol. The van der Waals surface area contributed by atoms with Gasteiger partial charge in [-0.05, 0) is 12.1 Å². The smallest absolute Gasteiger partial charge is 0.668 e. The van der Waals surface area contributed by atoms with Gasteiger partial charge in [0.1, 0.15) is 0 Å². The summed E-state index contributed by atoms with van der Waals surface area (Å²) >= 11 is 5.47. The third kappa shape index (κ3) is 7.60. The van der Waals surface area contributed by atoms with Crippen LogP contribution in [0.25, 0.3) is 22.8 Å². The molecule has 0 spiro atoms. The molecule has 4 aromatic carbocycles. The molecule has 0 radical (unpaired) electrons. The van der Waals surface area contributed by atoms with E-state index in [1.807, 2.05) is 17.8 Å². The van der Waals surface area contributed by atoms with Crippen LogP contribution in [0.1, 0.15) is 45.2 Å². The molecule has 8 rings (SSSR count). The summed E-state index contributed by atoms with van der Waals surface area (Å²) in [4.78, 5) is 2.66. The Hall–Kier alpha value is -2.01. The van der Waals surface area contributed by atoms with Crippen molar-refractivity contribution in [1.29, 1.82) is 0 Å². The van der Waals surface area contributed by atoms with Crippen molar-refractivity contribution >= 4 is 39.8 Å². The van der Waals surface area contributed by atoms with E-state index in [9.17, 15) is 0 Å². The fraction of sp³-hybridized carbons (Fsp3) is 0.176. The summed E-state index contributed by atoms with van der Waals surface area (Å²) in [6.07, 6.45) is 11.1. The molecule has 0 saturated carbocycles. The van der Waals surface area contributed by atoms with Crippen molar-refractivity contribution in [3.05, 3.63) is 152 Å². The average Bonchev–Trinajstić information content (AvgIpc) is 3.58. The van der Waals surface area contributed by atoms with Crippen molar-refractivity contribution in [2.45, 2.75) is 21.6 Å². The fourth-order valence-electron chi connectivity index (χ4n) is 4.59. The maximum atomic E-state index is 3.62. The quantitative estimate of drug-likeness (QED) is 0.185. The molecule has 6 bridgehead atoms. The molecule has 2 heterocycles. The number of rotatable bonds is 1. The zero-order chi connectivity index (χ0) is 26.9. The molecule has 0 N–H and O–H groups in total. The van der Waals surface area contributed by atoms with Gasteiger partial charge in [-0.3, -0.25) is 12.2 Å². The van der Waals surface area contributed by atoms with Crippen molar-refractivity contribution in [2.75, 3.05) is 28.2 Å². The Bertz CT molecular complexity index is 1400. The van der Waals surface area contributed by atoms with Gasteiger partial charge >= 0.3 is 26.2 Å². The van der Waals surface area contributed by atoms with Gasteiger partial charge in [0.25, 0.3) is 0 Å². The van der Waals surface area contributed by atoms with Crippen molar-refractivity contribution in [2.24, 2.45) is 0 Å². The van der Waals surface area contributed by atoms with Crippen LogP contribution in [0.2, 0.25) is 0 Å². The normalized spacial score (nSPS) is 16.0. The average molecular weight is 671 g/mol. The summed E-state index contributed by atoms with van der Waals surface area (Å²) in [6, 6.07) is 32.2. The molecule has 2 atom stereocenters. The van der Waals surface area contributed by atoms with E-state index in [0.29, 0.717) is 5.92 Å². The number of hydrogen-bond acceptors (Lipinski definition) is 1. The van der Waals surface area contributed by atoms with Crippen LogP contribution in [0.4, 0.5) is 0 Å². The van der Waals surface area contributed by atoms with Gasteiger partial charge < -0.3 is 10.6 Å². The van der Waals surface area contributed by atoms with E-state index < -0.39 is 0 Å². The van der Waals surface area contributed by atoms with Gasteiger partial charge in [-0.25, -0.2) is 12.2 Å². The number of benzene rings is 4. The Morgan fingerprint density at radius 1 is 0.667 bits per heavy atom. The van der Waals surface area contributed by atoms with Crippen LogP contribution in [0.3, 0.4) is 0 Å². The zero-order valence-corrected chi connectivity index (χ0v) is 27.5. The van der Waals surface area contributed by atoms with E-state index in [-0.39, 0.29) is 32.1 Å². The minimum Gasteiger partial charge on any atom is -0.668 e. The summed E-state index contributed by atoms with van der Waals surface area (Å²) < 4.78 is 1.17. The molecule has 194 valence electrons. The van der Waals surface area contributed by atoms with E-state index in [4.69, 9.17) is 0 Å². The van der Waals surface area contributed by atoms with E-state index in [1.54, 1.807) is 28.2 Å². The molecule has 0 aromatic heterocycles. The van der Waals surface area contributed by atoms with Crippen LogP contribution in [-0.2, 0) is 26.2 Å². The first-order valence-electron chi connectivity index (χ1n) is 12.5. The minimum absolute atomic E-state index is 0. The maximum Gasteiger partial charge on any atom is 4.00 e. The van der Waals surface area contributed by atoms with E-state index in [2.05, 4.69) is 136 Å². The van der Waals surface area contributed by atoms with E-state index in [0.717, 1.165) is 0 Å². The molecule has 0 amide bonds. The number of halogens is 1. The predicted octanol–water partition coefficient (Wildman–Crippen LogP) is 9.76. The Balaban J connectivity index is 0.000000176. The van der Waals surface area contributed by atoms with Gasteiger partial charge in [0.2, 0.25) is 0 Å². The molecule has 2 aliphatic carbocycles. The topological polar surface area (TPSA) is 28.2 Å². The molecular weight excluding hydrogens is 640 g/mol. The molecule has 2 aliphatic heterocycles. The fourth-order valence-corrected chi connectivity index (χ4v) is 6.16. The molecule has 4 aliphatic rings. The van der Waals surface area contributed by atoms with Crippen molar-refractivity contribution in [3.8, 4) is 0 Å². The largest absolute Gasteiger partial charge is 4.00 e. The van der Waals surface area contributed by atoms with Crippen molar-refractivity contribution < 1.29 is 26.2 Å². The Morgan fingerprint density at radius 2 is 1.28 bits per heavy atom. The number of hydrogen-bond donors (Lipinski definition) is 0.